The summed E-state index contributed by atoms with van der Waals surface area (Å²) in [5, 5.41) is 0.589. The van der Waals surface area contributed by atoms with E-state index in [1.165, 1.54) is 0 Å². The van der Waals surface area contributed by atoms with Crippen LogP contribution in [0.15, 0.2) is 51.9 Å². The van der Waals surface area contributed by atoms with E-state index < -0.39 is 0 Å². The third-order valence-corrected chi connectivity index (χ3v) is 4.18. The molecule has 0 amide bonds. The molecule has 3 rings (SSSR count). The van der Waals surface area contributed by atoms with Gasteiger partial charge in [0.15, 0.2) is 5.43 Å². The van der Waals surface area contributed by atoms with Crippen molar-refractivity contribution in [2.45, 2.75) is 12.8 Å². The fourth-order valence-corrected chi connectivity index (χ4v) is 3.21. The molecule has 0 aliphatic heterocycles. The second-order valence-electron chi connectivity index (χ2n) is 4.45. The molecule has 1 aliphatic carbocycles. The fourth-order valence-electron chi connectivity index (χ4n) is 2.23. The average molecular weight is 398 g/mol. The van der Waals surface area contributed by atoms with Gasteiger partial charge in [0.1, 0.15) is 24.0 Å². The smallest absolute Gasteiger partial charge is 0.200 e. The monoisotopic (exact) mass is 398 g/mol. The number of benzene rings is 1. The van der Waals surface area contributed by atoms with Gasteiger partial charge in [-0.3, -0.25) is 4.79 Å². The number of allylic oxidation sites excluding steroid dienone is 4. The summed E-state index contributed by atoms with van der Waals surface area (Å²) in [6.45, 7) is 0.337. The second-order valence-corrected chi connectivity index (χ2v) is 6.13. The maximum atomic E-state index is 12.5. The largest absolute Gasteiger partial charge is 0.467 e. The highest BCUT2D eigenvalue weighted by Gasteiger charge is 2.11. The maximum Gasteiger partial charge on any atom is 0.200 e. The first-order chi connectivity index (χ1) is 9.79. The zero-order valence-corrected chi connectivity index (χ0v) is 13.7. The van der Waals surface area contributed by atoms with Crippen LogP contribution < -0.4 is 9.95 Å². The number of rotatable bonds is 3. The predicted molar refractivity (Wildman–Crippen MR) is 91.8 cm³/mol. The van der Waals surface area contributed by atoms with Crippen molar-refractivity contribution in [2.24, 2.45) is 0 Å². The van der Waals surface area contributed by atoms with Crippen LogP contribution in [0.5, 0.6) is 5.75 Å². The Hall–Kier alpha value is -1.13. The minimum absolute atomic E-state index is 0.00697. The van der Waals surface area contributed by atoms with Gasteiger partial charge in [0.25, 0.3) is 0 Å². The Morgan fingerprint density at radius 1 is 1.30 bits per heavy atom. The summed E-state index contributed by atoms with van der Waals surface area (Å²) in [4.78, 5) is 12.5. The van der Waals surface area contributed by atoms with E-state index >= 15 is 0 Å². The molecule has 1 heterocycles. The van der Waals surface area contributed by atoms with Gasteiger partial charge in [-0.2, -0.15) is 0 Å². The molecule has 0 N–H and O–H groups in total. The van der Waals surface area contributed by atoms with Gasteiger partial charge in [-0.05, 0) is 52.6 Å². The molecule has 1 aromatic carbocycles. The Bertz CT molecular complexity index is 761. The van der Waals surface area contributed by atoms with E-state index in [-0.39, 0.29) is 5.43 Å². The van der Waals surface area contributed by atoms with Crippen LogP contribution in [0.25, 0.3) is 16.5 Å². The Morgan fingerprint density at radius 3 is 2.95 bits per heavy atom. The van der Waals surface area contributed by atoms with E-state index in [0.29, 0.717) is 23.0 Å². The van der Waals surface area contributed by atoms with Gasteiger partial charge in [-0.25, -0.2) is 0 Å². The summed E-state index contributed by atoms with van der Waals surface area (Å²) in [5.74, 6) is 0.720. The highest BCUT2D eigenvalue weighted by Crippen LogP contribution is 2.29. The molecule has 0 bridgehead atoms. The van der Waals surface area contributed by atoms with Crippen molar-refractivity contribution < 1.29 is 8.94 Å². The van der Waals surface area contributed by atoms with Crippen molar-refractivity contribution >= 4 is 45.0 Å². The van der Waals surface area contributed by atoms with Crippen LogP contribution >= 0.6 is 28.5 Å². The number of hydrogen-bond acceptors (Lipinski definition) is 3. The molecule has 0 radical (unpaired) electrons. The second kappa shape index (κ2) is 6.10. The molecule has 0 spiro atoms. The lowest BCUT2D eigenvalue weighted by Crippen LogP contribution is -2.08. The summed E-state index contributed by atoms with van der Waals surface area (Å²) < 4.78 is 11.0. The molecule has 1 unspecified atom stereocenters. The summed E-state index contributed by atoms with van der Waals surface area (Å²) in [6, 6.07) is 5.33. The van der Waals surface area contributed by atoms with Crippen LogP contribution in [0.3, 0.4) is 0 Å². The van der Waals surface area contributed by atoms with E-state index in [9.17, 15) is 4.79 Å². The molecule has 0 saturated heterocycles. The van der Waals surface area contributed by atoms with Crippen molar-refractivity contribution in [1.29, 1.82) is 0 Å². The van der Waals surface area contributed by atoms with Crippen molar-refractivity contribution in [1.82, 2.24) is 0 Å². The lowest BCUT2D eigenvalue weighted by Gasteiger charge is -2.07. The normalized spacial score (nSPS) is 14.9. The molecule has 1 aliphatic rings. The van der Waals surface area contributed by atoms with Gasteiger partial charge in [0.2, 0.25) is 0 Å². The van der Waals surface area contributed by atoms with E-state index in [4.69, 9.17) is 8.94 Å². The van der Waals surface area contributed by atoms with Gasteiger partial charge in [-0.15, -0.1) is 0 Å². The van der Waals surface area contributed by atoms with Crippen molar-refractivity contribution in [3.63, 3.8) is 0 Å². The minimum atomic E-state index is 0.00697. The van der Waals surface area contributed by atoms with Gasteiger partial charge < -0.3 is 8.94 Å². The molecular formula is C15H12IO3P. The number of hydrogen-bond donors (Lipinski definition) is 0. The molecule has 0 saturated carbocycles. The average Bonchev–Trinajstić information content (AvgIpc) is 2.49. The highest BCUT2D eigenvalue weighted by molar-refractivity contribution is 14.2. The third kappa shape index (κ3) is 2.67. The summed E-state index contributed by atoms with van der Waals surface area (Å²) in [6.07, 6.45) is 9.68. The van der Waals surface area contributed by atoms with Crippen LogP contribution in [-0.4, -0.2) is 0 Å². The molecular weight excluding hydrogens is 386 g/mol. The van der Waals surface area contributed by atoms with Gasteiger partial charge in [0, 0.05) is 6.07 Å². The Kier molecular flexibility index (Phi) is 4.22. The van der Waals surface area contributed by atoms with Crippen LogP contribution in [0.4, 0.5) is 0 Å². The molecule has 5 heteroatoms. The predicted octanol–water partition coefficient (Wildman–Crippen LogP) is 4.85. The Labute approximate surface area is 131 Å². The van der Waals surface area contributed by atoms with Gasteiger partial charge in [-0.1, -0.05) is 18.2 Å². The lowest BCUT2D eigenvalue weighted by atomic mass is 10.00. The maximum absolute atomic E-state index is 12.5. The number of fused-ring (bicyclic) bond motifs is 1. The quantitative estimate of drug-likeness (QED) is 0.548. The Balaban J connectivity index is 2.11. The first kappa shape index (κ1) is 13.8. The first-order valence-electron chi connectivity index (χ1n) is 6.25. The van der Waals surface area contributed by atoms with E-state index in [2.05, 4.69) is 34.2 Å². The van der Waals surface area contributed by atoms with Crippen LogP contribution in [0.1, 0.15) is 18.4 Å². The van der Waals surface area contributed by atoms with Crippen LogP contribution in [0, 0.1) is 0 Å². The van der Waals surface area contributed by atoms with Crippen molar-refractivity contribution in [3.8, 4) is 5.75 Å². The van der Waals surface area contributed by atoms with Gasteiger partial charge >= 0.3 is 0 Å². The van der Waals surface area contributed by atoms with Crippen LogP contribution in [-0.2, 0) is 0 Å². The molecule has 1 atom stereocenters. The molecule has 20 heavy (non-hydrogen) atoms. The van der Waals surface area contributed by atoms with Crippen molar-refractivity contribution in [3.05, 3.63) is 58.5 Å². The topological polar surface area (TPSA) is 39.4 Å². The lowest BCUT2D eigenvalue weighted by molar-refractivity contribution is 0.593. The summed E-state index contributed by atoms with van der Waals surface area (Å²) in [7, 11) is 0. The first-order valence-corrected chi connectivity index (χ1v) is 10.3. The fraction of sp³-hybridized carbons (Fsp3) is 0.133. The van der Waals surface area contributed by atoms with E-state index in [0.717, 1.165) is 24.2 Å². The molecule has 3 nitrogen and oxygen atoms in total. The minimum Gasteiger partial charge on any atom is -0.467 e. The SMILES string of the molecule is O=c1c(C2=CCCC=C2)coc2cc(OPI)ccc12. The number of halogens is 1. The molecule has 0 fully saturated rings. The zero-order chi connectivity index (χ0) is 13.9. The summed E-state index contributed by atoms with van der Waals surface area (Å²) in [5.41, 5.74) is 2.14. The molecule has 1 aromatic heterocycles. The van der Waals surface area contributed by atoms with E-state index in [1.807, 2.05) is 6.08 Å². The van der Waals surface area contributed by atoms with Crippen LogP contribution in [0.2, 0.25) is 0 Å². The zero-order valence-electron chi connectivity index (χ0n) is 10.6. The van der Waals surface area contributed by atoms with Crippen molar-refractivity contribution in [2.75, 3.05) is 0 Å². The summed E-state index contributed by atoms with van der Waals surface area (Å²) >= 11 is 2.15. The molecule has 2 aromatic rings. The van der Waals surface area contributed by atoms with Gasteiger partial charge in [0.05, 0.1) is 10.9 Å². The highest BCUT2D eigenvalue weighted by atomic mass is 127. The molecule has 102 valence electrons. The third-order valence-electron chi connectivity index (χ3n) is 3.21. The Morgan fingerprint density at radius 2 is 2.20 bits per heavy atom. The standard InChI is InChI=1S/C15H12IO3P/c16-20-19-11-6-7-12-14(8-11)18-9-13(15(12)17)10-4-2-1-3-5-10/h2,4-9,20H,1,3H2. The van der Waals surface area contributed by atoms with E-state index in [1.54, 1.807) is 24.5 Å².